The van der Waals surface area contributed by atoms with Gasteiger partial charge in [-0.25, -0.2) is 9.78 Å². The molecule has 0 saturated heterocycles. The molecule has 0 N–H and O–H groups in total. The van der Waals surface area contributed by atoms with Gasteiger partial charge in [-0.1, -0.05) is 12.1 Å². The van der Waals surface area contributed by atoms with Crippen LogP contribution in [0.2, 0.25) is 0 Å². The molecule has 0 fully saturated rings. The van der Waals surface area contributed by atoms with Crippen LogP contribution in [0.5, 0.6) is 5.75 Å². The zero-order valence-corrected chi connectivity index (χ0v) is 17.5. The topological polar surface area (TPSA) is 74.8 Å². The van der Waals surface area contributed by atoms with Crippen LogP contribution in [0, 0.1) is 20.8 Å². The number of thiazole rings is 1. The van der Waals surface area contributed by atoms with Crippen molar-refractivity contribution in [3.8, 4) is 22.0 Å². The first-order chi connectivity index (χ1) is 13.9. The second kappa shape index (κ2) is 7.63. The SMILES string of the molecule is Cc1csc(-c2ccc(OCc3c(C)cccc3-n3nnn(C)c3=O)c(C)c2)n1. The van der Waals surface area contributed by atoms with Crippen molar-refractivity contribution >= 4 is 11.3 Å². The van der Waals surface area contributed by atoms with Crippen molar-refractivity contribution in [2.45, 2.75) is 27.4 Å². The number of aryl methyl sites for hydroxylation is 4. The second-order valence-electron chi connectivity index (χ2n) is 6.93. The molecule has 0 amide bonds. The van der Waals surface area contributed by atoms with Crippen molar-refractivity contribution in [3.63, 3.8) is 0 Å². The first-order valence-corrected chi connectivity index (χ1v) is 10.1. The largest absolute Gasteiger partial charge is 0.489 e. The molecule has 0 bridgehead atoms. The molecule has 148 valence electrons. The van der Waals surface area contributed by atoms with Gasteiger partial charge in [0.05, 0.1) is 5.69 Å². The van der Waals surface area contributed by atoms with Crippen LogP contribution in [0.15, 0.2) is 46.6 Å². The van der Waals surface area contributed by atoms with Gasteiger partial charge in [0.15, 0.2) is 0 Å². The van der Waals surface area contributed by atoms with E-state index in [0.717, 1.165) is 38.7 Å². The molecule has 0 radical (unpaired) electrons. The van der Waals surface area contributed by atoms with E-state index < -0.39 is 0 Å². The second-order valence-corrected chi connectivity index (χ2v) is 7.79. The Morgan fingerprint density at radius 3 is 2.55 bits per heavy atom. The van der Waals surface area contributed by atoms with Crippen molar-refractivity contribution in [2.24, 2.45) is 7.05 Å². The summed E-state index contributed by atoms with van der Waals surface area (Å²) in [5.74, 6) is 0.794. The highest BCUT2D eigenvalue weighted by Crippen LogP contribution is 2.29. The summed E-state index contributed by atoms with van der Waals surface area (Å²) < 4.78 is 8.62. The minimum absolute atomic E-state index is 0.295. The fourth-order valence-electron chi connectivity index (χ4n) is 3.12. The van der Waals surface area contributed by atoms with Gasteiger partial charge >= 0.3 is 5.69 Å². The van der Waals surface area contributed by atoms with Crippen LogP contribution < -0.4 is 10.4 Å². The lowest BCUT2D eigenvalue weighted by molar-refractivity contribution is 0.302. The molecular formula is C21H21N5O2S. The van der Waals surface area contributed by atoms with Gasteiger partial charge in [-0.05, 0) is 66.6 Å². The van der Waals surface area contributed by atoms with Gasteiger partial charge in [-0.15, -0.1) is 11.3 Å². The van der Waals surface area contributed by atoms with Gasteiger partial charge in [0, 0.05) is 29.2 Å². The molecule has 0 aliphatic rings. The van der Waals surface area contributed by atoms with E-state index in [0.29, 0.717) is 12.3 Å². The summed E-state index contributed by atoms with van der Waals surface area (Å²) in [4.78, 5) is 16.8. The third-order valence-electron chi connectivity index (χ3n) is 4.75. The Balaban J connectivity index is 1.61. The maximum Gasteiger partial charge on any atom is 0.368 e. The van der Waals surface area contributed by atoms with Crippen molar-refractivity contribution in [1.82, 2.24) is 24.8 Å². The molecule has 29 heavy (non-hydrogen) atoms. The number of hydrogen-bond acceptors (Lipinski definition) is 6. The summed E-state index contributed by atoms with van der Waals surface area (Å²) in [7, 11) is 1.58. The third kappa shape index (κ3) is 3.71. The Morgan fingerprint density at radius 1 is 1.07 bits per heavy atom. The molecule has 0 spiro atoms. The van der Waals surface area contributed by atoms with E-state index in [2.05, 4.69) is 21.5 Å². The van der Waals surface area contributed by atoms with Crippen LogP contribution in [0.3, 0.4) is 0 Å². The van der Waals surface area contributed by atoms with Gasteiger partial charge in [-0.3, -0.25) is 0 Å². The van der Waals surface area contributed by atoms with Gasteiger partial charge in [0.25, 0.3) is 0 Å². The number of ether oxygens (including phenoxy) is 1. The summed E-state index contributed by atoms with van der Waals surface area (Å²) in [6.07, 6.45) is 0. The highest BCUT2D eigenvalue weighted by molar-refractivity contribution is 7.13. The average Bonchev–Trinajstić information content (AvgIpc) is 3.27. The Kier molecular flexibility index (Phi) is 5.02. The van der Waals surface area contributed by atoms with Crippen molar-refractivity contribution < 1.29 is 4.74 Å². The average molecular weight is 407 g/mol. The molecule has 0 saturated carbocycles. The van der Waals surface area contributed by atoms with Crippen molar-refractivity contribution in [1.29, 1.82) is 0 Å². The molecule has 2 aromatic carbocycles. The molecule has 4 rings (SSSR count). The smallest absolute Gasteiger partial charge is 0.368 e. The van der Waals surface area contributed by atoms with E-state index in [-0.39, 0.29) is 5.69 Å². The Labute approximate surface area is 172 Å². The van der Waals surface area contributed by atoms with E-state index in [1.807, 2.05) is 56.5 Å². The number of tetrazole rings is 1. The lowest BCUT2D eigenvalue weighted by Crippen LogP contribution is -2.23. The fraction of sp³-hybridized carbons (Fsp3) is 0.238. The lowest BCUT2D eigenvalue weighted by atomic mass is 10.1. The summed E-state index contributed by atoms with van der Waals surface area (Å²) in [6, 6.07) is 11.8. The molecular weight excluding hydrogens is 386 g/mol. The summed E-state index contributed by atoms with van der Waals surface area (Å²) in [5, 5.41) is 10.8. The molecule has 4 aromatic rings. The van der Waals surface area contributed by atoms with E-state index in [1.165, 1.54) is 9.36 Å². The molecule has 7 nitrogen and oxygen atoms in total. The van der Waals surface area contributed by atoms with Gasteiger partial charge in [0.1, 0.15) is 17.4 Å². The number of nitrogens with zero attached hydrogens (tertiary/aromatic N) is 5. The maximum atomic E-state index is 12.3. The normalized spacial score (nSPS) is 11.0. The van der Waals surface area contributed by atoms with Crippen LogP contribution in [-0.2, 0) is 13.7 Å². The van der Waals surface area contributed by atoms with Gasteiger partial charge in [0.2, 0.25) is 0 Å². The molecule has 0 aliphatic heterocycles. The molecule has 8 heteroatoms. The highest BCUT2D eigenvalue weighted by Gasteiger charge is 2.14. The van der Waals surface area contributed by atoms with Crippen LogP contribution in [0.1, 0.15) is 22.4 Å². The van der Waals surface area contributed by atoms with E-state index in [4.69, 9.17) is 4.74 Å². The molecule has 0 aliphatic carbocycles. The highest BCUT2D eigenvalue weighted by atomic mass is 32.1. The van der Waals surface area contributed by atoms with Crippen molar-refractivity contribution in [2.75, 3.05) is 0 Å². The monoisotopic (exact) mass is 407 g/mol. The van der Waals surface area contributed by atoms with Gasteiger partial charge < -0.3 is 4.74 Å². The predicted octanol–water partition coefficient (Wildman–Crippen LogP) is 3.59. The summed E-state index contributed by atoms with van der Waals surface area (Å²) in [6.45, 7) is 6.32. The molecule has 0 atom stereocenters. The first-order valence-electron chi connectivity index (χ1n) is 9.18. The van der Waals surface area contributed by atoms with Crippen LogP contribution in [0.25, 0.3) is 16.3 Å². The zero-order chi connectivity index (χ0) is 20.5. The number of rotatable bonds is 5. The quantitative estimate of drug-likeness (QED) is 0.505. The Hall–Kier alpha value is -3.26. The van der Waals surface area contributed by atoms with E-state index >= 15 is 0 Å². The first kappa shape index (κ1) is 19.1. The standard InChI is InChI=1S/C21H21N5O2S/c1-13-6-5-7-18(26-21(27)25(4)23-24-26)17(13)11-28-19-9-8-16(10-14(19)2)20-22-15(3)12-29-20/h5-10,12H,11H2,1-4H3. The summed E-state index contributed by atoms with van der Waals surface area (Å²) >= 11 is 1.63. The van der Waals surface area contributed by atoms with Gasteiger partial charge in [-0.2, -0.15) is 9.36 Å². The molecule has 2 heterocycles. The van der Waals surface area contributed by atoms with Crippen LogP contribution >= 0.6 is 11.3 Å². The van der Waals surface area contributed by atoms with Crippen LogP contribution in [-0.4, -0.2) is 24.8 Å². The lowest BCUT2D eigenvalue weighted by Gasteiger charge is -2.14. The predicted molar refractivity (Wildman–Crippen MR) is 113 cm³/mol. The minimum Gasteiger partial charge on any atom is -0.489 e. The van der Waals surface area contributed by atoms with E-state index in [9.17, 15) is 4.79 Å². The Bertz CT molecular complexity index is 1240. The molecule has 0 unspecified atom stereocenters. The van der Waals surface area contributed by atoms with Crippen molar-refractivity contribution in [3.05, 3.63) is 74.6 Å². The van der Waals surface area contributed by atoms with Crippen LogP contribution in [0.4, 0.5) is 0 Å². The number of hydrogen-bond donors (Lipinski definition) is 0. The Morgan fingerprint density at radius 2 is 1.90 bits per heavy atom. The number of benzene rings is 2. The van der Waals surface area contributed by atoms with E-state index in [1.54, 1.807) is 18.4 Å². The fourth-order valence-corrected chi connectivity index (χ4v) is 3.91. The molecule has 2 aromatic heterocycles. The third-order valence-corrected chi connectivity index (χ3v) is 5.76. The maximum absolute atomic E-state index is 12.3. The zero-order valence-electron chi connectivity index (χ0n) is 16.7. The number of aromatic nitrogens is 5. The summed E-state index contributed by atoms with van der Waals surface area (Å²) in [5.41, 5.74) is 5.43. The minimum atomic E-state index is -0.295.